The number of ether oxygens (including phenoxy) is 1. The predicted molar refractivity (Wildman–Crippen MR) is 91.4 cm³/mol. The molecule has 0 atom stereocenters. The third-order valence-corrected chi connectivity index (χ3v) is 3.81. The van der Waals surface area contributed by atoms with Crippen molar-refractivity contribution in [1.29, 1.82) is 0 Å². The zero-order valence-corrected chi connectivity index (χ0v) is 13.6. The first-order valence-corrected chi connectivity index (χ1v) is 7.41. The Kier molecular flexibility index (Phi) is 4.30. The van der Waals surface area contributed by atoms with Gasteiger partial charge in [0.15, 0.2) is 0 Å². The minimum absolute atomic E-state index is 0.0452. The summed E-state index contributed by atoms with van der Waals surface area (Å²) in [6.45, 7) is 1.64. The lowest BCUT2D eigenvalue weighted by atomic mass is 9.98. The predicted octanol–water partition coefficient (Wildman–Crippen LogP) is 3.26. The van der Waals surface area contributed by atoms with Crippen LogP contribution in [-0.4, -0.2) is 23.7 Å². The third-order valence-electron chi connectivity index (χ3n) is 3.81. The van der Waals surface area contributed by atoms with Gasteiger partial charge in [-0.3, -0.25) is 10.1 Å². The maximum Gasteiger partial charge on any atom is 0.368 e. The molecule has 7 heteroatoms. The summed E-state index contributed by atoms with van der Waals surface area (Å²) in [7, 11) is 1.53. The first-order chi connectivity index (χ1) is 12.0. The largest absolute Gasteiger partial charge is 0.496 e. The lowest BCUT2D eigenvalue weighted by Crippen LogP contribution is -2.08. The quantitative estimate of drug-likeness (QED) is 0.369. The van der Waals surface area contributed by atoms with E-state index in [9.17, 15) is 14.9 Å². The molecular formula is C18H14N2O5. The number of aryl methyl sites for hydroxylation is 1. The summed E-state index contributed by atoms with van der Waals surface area (Å²) < 4.78 is 5.27. The fourth-order valence-electron chi connectivity index (χ4n) is 2.51. The van der Waals surface area contributed by atoms with Crippen LogP contribution < -0.4 is 4.74 Å². The highest BCUT2D eigenvalue weighted by atomic mass is 16.7. The van der Waals surface area contributed by atoms with Gasteiger partial charge in [0.2, 0.25) is 0 Å². The fourth-order valence-corrected chi connectivity index (χ4v) is 2.51. The second kappa shape index (κ2) is 6.56. The van der Waals surface area contributed by atoms with Gasteiger partial charge in [-0.25, -0.2) is 4.79 Å². The second-order valence-electron chi connectivity index (χ2n) is 5.38. The van der Waals surface area contributed by atoms with Gasteiger partial charge in [0.25, 0.3) is 5.69 Å². The Morgan fingerprint density at radius 2 is 2.00 bits per heavy atom. The van der Waals surface area contributed by atoms with E-state index in [0.29, 0.717) is 22.4 Å². The Morgan fingerprint density at radius 3 is 2.72 bits per heavy atom. The molecule has 2 aromatic carbocycles. The SMILES string of the molecule is COc1ccccc1/C=C1\C(=O)ON=C1c1ccc(C)c([N+](=O)[O-])c1. The number of nitrogens with zero attached hydrogens (tertiary/aromatic N) is 2. The summed E-state index contributed by atoms with van der Waals surface area (Å²) in [6, 6.07) is 11.8. The number of nitro groups is 1. The number of benzene rings is 2. The number of hydrogen-bond donors (Lipinski definition) is 0. The molecule has 0 fully saturated rings. The number of nitro benzene ring substituents is 1. The average Bonchev–Trinajstić information content (AvgIpc) is 2.96. The molecule has 0 saturated heterocycles. The summed E-state index contributed by atoms with van der Waals surface area (Å²) in [4.78, 5) is 27.5. The van der Waals surface area contributed by atoms with Gasteiger partial charge in [-0.1, -0.05) is 35.5 Å². The molecular weight excluding hydrogens is 324 g/mol. The molecule has 3 rings (SSSR count). The van der Waals surface area contributed by atoms with Crippen molar-refractivity contribution in [3.8, 4) is 5.75 Å². The van der Waals surface area contributed by atoms with Gasteiger partial charge < -0.3 is 9.57 Å². The zero-order valence-electron chi connectivity index (χ0n) is 13.6. The van der Waals surface area contributed by atoms with Crippen LogP contribution in [0.1, 0.15) is 16.7 Å². The van der Waals surface area contributed by atoms with E-state index in [2.05, 4.69) is 5.16 Å². The van der Waals surface area contributed by atoms with Crippen LogP contribution in [0.25, 0.3) is 6.08 Å². The highest BCUT2D eigenvalue weighted by Crippen LogP contribution is 2.27. The molecule has 25 heavy (non-hydrogen) atoms. The molecule has 0 spiro atoms. The van der Waals surface area contributed by atoms with Gasteiger partial charge in [-0.2, -0.15) is 0 Å². The third kappa shape index (κ3) is 3.12. The van der Waals surface area contributed by atoms with Crippen LogP contribution in [0.15, 0.2) is 53.2 Å². The molecule has 0 amide bonds. The molecule has 2 aromatic rings. The summed E-state index contributed by atoms with van der Waals surface area (Å²) in [5, 5.41) is 14.9. The highest BCUT2D eigenvalue weighted by molar-refractivity contribution is 6.31. The van der Waals surface area contributed by atoms with E-state index in [1.807, 2.05) is 12.1 Å². The van der Waals surface area contributed by atoms with Crippen LogP contribution in [0.5, 0.6) is 5.75 Å². The number of para-hydroxylation sites is 1. The Morgan fingerprint density at radius 1 is 1.24 bits per heavy atom. The van der Waals surface area contributed by atoms with E-state index in [0.717, 1.165) is 0 Å². The normalized spacial score (nSPS) is 15.0. The van der Waals surface area contributed by atoms with E-state index in [1.165, 1.54) is 13.2 Å². The maximum absolute atomic E-state index is 12.1. The molecule has 1 aliphatic heterocycles. The standard InChI is InChI=1S/C18H14N2O5/c1-11-7-8-13(10-15(11)20(22)23)17-14(18(21)25-19-17)9-12-5-3-4-6-16(12)24-2/h3-10H,1-2H3/b14-9-. The van der Waals surface area contributed by atoms with Gasteiger partial charge in [0.05, 0.1) is 17.6 Å². The lowest BCUT2D eigenvalue weighted by molar-refractivity contribution is -0.385. The highest BCUT2D eigenvalue weighted by Gasteiger charge is 2.28. The van der Waals surface area contributed by atoms with E-state index in [4.69, 9.17) is 9.57 Å². The smallest absolute Gasteiger partial charge is 0.368 e. The van der Waals surface area contributed by atoms with Crippen LogP contribution in [-0.2, 0) is 9.63 Å². The number of carbonyl (C=O) groups excluding carboxylic acids is 1. The molecule has 0 bridgehead atoms. The van der Waals surface area contributed by atoms with E-state index < -0.39 is 10.9 Å². The van der Waals surface area contributed by atoms with Crippen molar-refractivity contribution < 1.29 is 19.3 Å². The van der Waals surface area contributed by atoms with Crippen LogP contribution in [0, 0.1) is 17.0 Å². The molecule has 0 aliphatic carbocycles. The number of oxime groups is 1. The average molecular weight is 338 g/mol. The maximum atomic E-state index is 12.1. The van der Waals surface area contributed by atoms with Crippen LogP contribution in [0.3, 0.4) is 0 Å². The first-order valence-electron chi connectivity index (χ1n) is 7.41. The Bertz CT molecular complexity index is 931. The minimum Gasteiger partial charge on any atom is -0.496 e. The molecule has 0 N–H and O–H groups in total. The minimum atomic E-state index is -0.621. The number of rotatable bonds is 4. The molecule has 1 heterocycles. The summed E-state index contributed by atoms with van der Waals surface area (Å²) >= 11 is 0. The van der Waals surface area contributed by atoms with Crippen molar-refractivity contribution in [2.24, 2.45) is 5.16 Å². The Balaban J connectivity index is 2.08. The van der Waals surface area contributed by atoms with Crippen molar-refractivity contribution in [3.05, 3.63) is 74.8 Å². The number of methoxy groups -OCH3 is 1. The van der Waals surface area contributed by atoms with Crippen molar-refractivity contribution in [1.82, 2.24) is 0 Å². The van der Waals surface area contributed by atoms with E-state index in [-0.39, 0.29) is 17.0 Å². The molecule has 7 nitrogen and oxygen atoms in total. The van der Waals surface area contributed by atoms with Gasteiger partial charge in [0, 0.05) is 22.8 Å². The van der Waals surface area contributed by atoms with Gasteiger partial charge >= 0.3 is 5.97 Å². The zero-order chi connectivity index (χ0) is 18.0. The van der Waals surface area contributed by atoms with Crippen LogP contribution in [0.2, 0.25) is 0 Å². The molecule has 0 radical (unpaired) electrons. The van der Waals surface area contributed by atoms with Crippen molar-refractivity contribution >= 4 is 23.4 Å². The van der Waals surface area contributed by atoms with Gasteiger partial charge in [-0.15, -0.1) is 0 Å². The monoisotopic (exact) mass is 338 g/mol. The van der Waals surface area contributed by atoms with Crippen molar-refractivity contribution in [3.63, 3.8) is 0 Å². The molecule has 0 saturated carbocycles. The van der Waals surface area contributed by atoms with E-state index >= 15 is 0 Å². The lowest BCUT2D eigenvalue weighted by Gasteiger charge is -2.06. The molecule has 126 valence electrons. The summed E-state index contributed by atoms with van der Waals surface area (Å²) in [5.74, 6) is -0.0342. The second-order valence-corrected chi connectivity index (χ2v) is 5.38. The molecule has 1 aliphatic rings. The Hall–Kier alpha value is -3.48. The van der Waals surface area contributed by atoms with Gasteiger partial charge in [0.1, 0.15) is 11.5 Å². The summed E-state index contributed by atoms with van der Waals surface area (Å²) in [6.07, 6.45) is 1.60. The molecule has 0 aromatic heterocycles. The summed E-state index contributed by atoms with van der Waals surface area (Å²) in [5.41, 5.74) is 2.05. The van der Waals surface area contributed by atoms with E-state index in [1.54, 1.807) is 37.3 Å². The number of hydrogen-bond acceptors (Lipinski definition) is 6. The molecule has 0 unspecified atom stereocenters. The fraction of sp³-hybridized carbons (Fsp3) is 0.111. The van der Waals surface area contributed by atoms with Crippen LogP contribution in [0.4, 0.5) is 5.69 Å². The Labute approximate surface area is 143 Å². The van der Waals surface area contributed by atoms with Crippen LogP contribution >= 0.6 is 0 Å². The topological polar surface area (TPSA) is 91.0 Å². The number of carbonyl (C=O) groups is 1. The first kappa shape index (κ1) is 16.4. The van der Waals surface area contributed by atoms with Gasteiger partial charge in [-0.05, 0) is 19.1 Å². The van der Waals surface area contributed by atoms with Crippen molar-refractivity contribution in [2.75, 3.05) is 7.11 Å². The van der Waals surface area contributed by atoms with Crippen molar-refractivity contribution in [2.45, 2.75) is 6.92 Å².